The van der Waals surface area contributed by atoms with E-state index in [0.29, 0.717) is 12.2 Å². The van der Waals surface area contributed by atoms with Gasteiger partial charge in [-0.3, -0.25) is 4.98 Å². The molecule has 0 radical (unpaired) electrons. The molecule has 19 heavy (non-hydrogen) atoms. The highest BCUT2D eigenvalue weighted by atomic mass is 16.4. The first-order chi connectivity index (χ1) is 9.15. The van der Waals surface area contributed by atoms with Crippen LogP contribution >= 0.6 is 0 Å². The van der Waals surface area contributed by atoms with Crippen molar-refractivity contribution in [2.75, 3.05) is 11.4 Å². The van der Waals surface area contributed by atoms with E-state index in [9.17, 15) is 9.90 Å². The van der Waals surface area contributed by atoms with E-state index in [1.165, 1.54) is 6.20 Å². The van der Waals surface area contributed by atoms with Crippen molar-refractivity contribution < 1.29 is 9.90 Å². The molecule has 0 saturated heterocycles. The van der Waals surface area contributed by atoms with Crippen molar-refractivity contribution in [3.63, 3.8) is 0 Å². The number of hydrogen-bond acceptors (Lipinski definition) is 3. The molecule has 0 atom stereocenters. The van der Waals surface area contributed by atoms with Crippen molar-refractivity contribution in [3.05, 3.63) is 53.9 Å². The van der Waals surface area contributed by atoms with Crippen LogP contribution in [-0.2, 0) is 0 Å². The molecule has 1 aromatic carbocycles. The van der Waals surface area contributed by atoms with Crippen LogP contribution in [0.2, 0.25) is 0 Å². The summed E-state index contributed by atoms with van der Waals surface area (Å²) in [6.07, 6.45) is 3.00. The van der Waals surface area contributed by atoms with Crippen molar-refractivity contribution in [1.29, 1.82) is 0 Å². The molecule has 1 heterocycles. The molecule has 4 nitrogen and oxygen atoms in total. The molecule has 0 bridgehead atoms. The molecule has 1 N–H and O–H groups in total. The van der Waals surface area contributed by atoms with Crippen LogP contribution in [0.4, 0.5) is 11.4 Å². The Hall–Kier alpha value is -2.36. The zero-order chi connectivity index (χ0) is 13.8. The fourth-order valence-electron chi connectivity index (χ4n) is 2.12. The Morgan fingerprint density at radius 2 is 2.00 bits per heavy atom. The van der Waals surface area contributed by atoms with Crippen LogP contribution in [0.25, 0.3) is 0 Å². The third-order valence-corrected chi connectivity index (χ3v) is 3.04. The van der Waals surface area contributed by atoms with Crippen molar-refractivity contribution in [2.45, 2.75) is 13.8 Å². The summed E-state index contributed by atoms with van der Waals surface area (Å²) in [5, 5.41) is 9.26. The molecule has 0 unspecified atom stereocenters. The van der Waals surface area contributed by atoms with Gasteiger partial charge in [0, 0.05) is 24.6 Å². The number of nitrogens with zero attached hydrogens (tertiary/aromatic N) is 2. The molecule has 0 saturated carbocycles. The minimum Gasteiger partial charge on any atom is -0.478 e. The predicted octanol–water partition coefficient (Wildman–Crippen LogP) is 3.25. The highest BCUT2D eigenvalue weighted by molar-refractivity contribution is 5.95. The Morgan fingerprint density at radius 1 is 1.26 bits per heavy atom. The van der Waals surface area contributed by atoms with Crippen molar-refractivity contribution in [3.8, 4) is 0 Å². The van der Waals surface area contributed by atoms with Gasteiger partial charge in [-0.1, -0.05) is 18.2 Å². The number of aromatic carboxylic acids is 1. The summed E-state index contributed by atoms with van der Waals surface area (Å²) < 4.78 is 0. The van der Waals surface area contributed by atoms with Gasteiger partial charge in [-0.15, -0.1) is 0 Å². The largest absolute Gasteiger partial charge is 0.478 e. The number of anilines is 2. The monoisotopic (exact) mass is 256 g/mol. The average molecular weight is 256 g/mol. The molecule has 2 rings (SSSR count). The lowest BCUT2D eigenvalue weighted by Gasteiger charge is -2.26. The second-order valence-electron chi connectivity index (χ2n) is 4.23. The van der Waals surface area contributed by atoms with Crippen molar-refractivity contribution in [1.82, 2.24) is 4.98 Å². The molecule has 98 valence electrons. The standard InChI is InChI=1S/C15H16N2O2/c1-3-17(13-7-5-4-6-11(13)2)14-8-9-16-10-12(14)15(18)19/h4-10H,3H2,1-2H3,(H,18,19). The Bertz CT molecular complexity index is 596. The van der Waals surface area contributed by atoms with Gasteiger partial charge in [-0.05, 0) is 31.5 Å². The summed E-state index contributed by atoms with van der Waals surface area (Å²) in [5.41, 5.74) is 3.00. The minimum atomic E-state index is -0.963. The normalized spacial score (nSPS) is 10.2. The summed E-state index contributed by atoms with van der Waals surface area (Å²) in [6.45, 7) is 4.70. The Kier molecular flexibility index (Phi) is 3.80. The van der Waals surface area contributed by atoms with E-state index in [2.05, 4.69) is 4.98 Å². The zero-order valence-corrected chi connectivity index (χ0v) is 11.0. The summed E-state index contributed by atoms with van der Waals surface area (Å²) in [7, 11) is 0. The van der Waals surface area contributed by atoms with E-state index in [4.69, 9.17) is 0 Å². The van der Waals surface area contributed by atoms with Gasteiger partial charge in [0.1, 0.15) is 5.56 Å². The van der Waals surface area contributed by atoms with Crippen LogP contribution in [0.5, 0.6) is 0 Å². The highest BCUT2D eigenvalue weighted by Gasteiger charge is 2.17. The van der Waals surface area contributed by atoms with Crippen molar-refractivity contribution >= 4 is 17.3 Å². The first kappa shape index (κ1) is 13.1. The SMILES string of the molecule is CCN(c1ccccc1C)c1ccncc1C(=O)O. The van der Waals surface area contributed by atoms with E-state index in [-0.39, 0.29) is 5.56 Å². The number of para-hydroxylation sites is 1. The summed E-state index contributed by atoms with van der Waals surface area (Å²) in [6, 6.07) is 9.66. The maximum atomic E-state index is 11.3. The molecule has 0 aliphatic carbocycles. The lowest BCUT2D eigenvalue weighted by molar-refractivity contribution is 0.0697. The van der Waals surface area contributed by atoms with Gasteiger partial charge in [-0.25, -0.2) is 4.79 Å². The smallest absolute Gasteiger partial charge is 0.339 e. The van der Waals surface area contributed by atoms with Crippen LogP contribution < -0.4 is 4.90 Å². The maximum Gasteiger partial charge on any atom is 0.339 e. The number of rotatable bonds is 4. The number of carboxylic acids is 1. The number of aromatic nitrogens is 1. The average Bonchev–Trinajstić information content (AvgIpc) is 2.42. The number of carboxylic acid groups (broad SMARTS) is 1. The van der Waals surface area contributed by atoms with Crippen molar-refractivity contribution in [2.24, 2.45) is 0 Å². The quantitative estimate of drug-likeness (QED) is 0.912. The molecular weight excluding hydrogens is 240 g/mol. The number of pyridine rings is 1. The van der Waals surface area contributed by atoms with Gasteiger partial charge < -0.3 is 10.0 Å². The third kappa shape index (κ3) is 2.57. The van der Waals surface area contributed by atoms with Gasteiger partial charge in [0.15, 0.2) is 0 Å². The lowest BCUT2D eigenvalue weighted by atomic mass is 10.1. The second kappa shape index (κ2) is 5.52. The van der Waals surface area contributed by atoms with Crippen LogP contribution in [0.1, 0.15) is 22.8 Å². The van der Waals surface area contributed by atoms with Crippen LogP contribution in [0, 0.1) is 6.92 Å². The number of aryl methyl sites for hydroxylation is 1. The predicted molar refractivity (Wildman–Crippen MR) is 75.1 cm³/mol. The van der Waals surface area contributed by atoms with Gasteiger partial charge in [0.2, 0.25) is 0 Å². The van der Waals surface area contributed by atoms with Crippen LogP contribution in [-0.4, -0.2) is 22.6 Å². The van der Waals surface area contributed by atoms with Gasteiger partial charge in [0.05, 0.1) is 5.69 Å². The van der Waals surface area contributed by atoms with E-state index in [0.717, 1.165) is 11.3 Å². The van der Waals surface area contributed by atoms with E-state index in [1.54, 1.807) is 12.3 Å². The zero-order valence-electron chi connectivity index (χ0n) is 11.0. The van der Waals surface area contributed by atoms with E-state index < -0.39 is 5.97 Å². The molecule has 0 aliphatic heterocycles. The first-order valence-corrected chi connectivity index (χ1v) is 6.15. The van der Waals surface area contributed by atoms with Crippen LogP contribution in [0.3, 0.4) is 0 Å². The molecule has 0 fully saturated rings. The molecule has 4 heteroatoms. The van der Waals surface area contributed by atoms with E-state index >= 15 is 0 Å². The van der Waals surface area contributed by atoms with Crippen LogP contribution in [0.15, 0.2) is 42.7 Å². The first-order valence-electron chi connectivity index (χ1n) is 6.15. The molecule has 0 amide bonds. The molecule has 0 spiro atoms. The third-order valence-electron chi connectivity index (χ3n) is 3.04. The Labute approximate surface area is 112 Å². The number of carbonyl (C=O) groups is 1. The summed E-state index contributed by atoms with van der Waals surface area (Å²) in [4.78, 5) is 17.2. The molecule has 0 aliphatic rings. The minimum absolute atomic E-state index is 0.215. The van der Waals surface area contributed by atoms with Gasteiger partial charge >= 0.3 is 5.97 Å². The number of hydrogen-bond donors (Lipinski definition) is 1. The topological polar surface area (TPSA) is 53.4 Å². The Morgan fingerprint density at radius 3 is 2.63 bits per heavy atom. The molecular formula is C15H16N2O2. The second-order valence-corrected chi connectivity index (χ2v) is 4.23. The van der Waals surface area contributed by atoms with Gasteiger partial charge in [0.25, 0.3) is 0 Å². The fourth-order valence-corrected chi connectivity index (χ4v) is 2.12. The molecule has 1 aromatic heterocycles. The number of benzene rings is 1. The Balaban J connectivity index is 2.55. The maximum absolute atomic E-state index is 11.3. The molecule has 2 aromatic rings. The van der Waals surface area contributed by atoms with E-state index in [1.807, 2.05) is 43.0 Å². The highest BCUT2D eigenvalue weighted by Crippen LogP contribution is 2.30. The summed E-state index contributed by atoms with van der Waals surface area (Å²) in [5.74, 6) is -0.963. The van der Waals surface area contributed by atoms with Gasteiger partial charge in [-0.2, -0.15) is 0 Å². The lowest BCUT2D eigenvalue weighted by Crippen LogP contribution is -2.20. The summed E-state index contributed by atoms with van der Waals surface area (Å²) >= 11 is 0. The fraction of sp³-hybridized carbons (Fsp3) is 0.200.